The molecule has 0 unspecified atom stereocenters. The number of benzene rings is 3. The van der Waals surface area contributed by atoms with E-state index in [0.29, 0.717) is 16.9 Å². The molecular formula is C25H24N2O4. The molecular weight excluding hydrogens is 392 g/mol. The van der Waals surface area contributed by atoms with Gasteiger partial charge in [0.15, 0.2) is 6.61 Å². The van der Waals surface area contributed by atoms with Gasteiger partial charge in [-0.15, -0.1) is 0 Å². The Hall–Kier alpha value is -3.93. The van der Waals surface area contributed by atoms with E-state index in [1.165, 1.54) is 0 Å². The molecule has 0 aliphatic heterocycles. The lowest BCUT2D eigenvalue weighted by molar-refractivity contribution is -0.146. The number of esters is 1. The van der Waals surface area contributed by atoms with Crippen LogP contribution in [-0.4, -0.2) is 24.4 Å². The number of hydrogen-bond donors (Lipinski definition) is 2. The van der Waals surface area contributed by atoms with Crippen molar-refractivity contribution in [2.24, 2.45) is 0 Å². The molecule has 0 spiro atoms. The minimum atomic E-state index is -0.520. The van der Waals surface area contributed by atoms with Gasteiger partial charge in [-0.25, -0.2) is 0 Å². The zero-order valence-electron chi connectivity index (χ0n) is 17.5. The molecule has 2 amide bonds. The number of amides is 2. The molecule has 6 heteroatoms. The smallest absolute Gasteiger partial charge is 0.310 e. The van der Waals surface area contributed by atoms with Crippen LogP contribution in [0.2, 0.25) is 0 Å². The minimum absolute atomic E-state index is 0.0864. The highest BCUT2D eigenvalue weighted by Crippen LogP contribution is 2.18. The quantitative estimate of drug-likeness (QED) is 0.563. The highest BCUT2D eigenvalue weighted by atomic mass is 16.5. The maximum atomic E-state index is 12.7. The number of carbonyl (C=O) groups is 3. The van der Waals surface area contributed by atoms with Gasteiger partial charge in [0, 0.05) is 5.69 Å². The van der Waals surface area contributed by atoms with Crippen molar-refractivity contribution in [1.29, 1.82) is 0 Å². The van der Waals surface area contributed by atoms with Gasteiger partial charge >= 0.3 is 5.97 Å². The number of para-hydroxylation sites is 1. The SMILES string of the molecule is Cc1ccc(CC(=O)OCC(=O)Nc2ccccc2C(=O)Nc2cccc(C)c2)cc1. The fourth-order valence-corrected chi connectivity index (χ4v) is 2.97. The summed E-state index contributed by atoms with van der Waals surface area (Å²) in [6.07, 6.45) is 0.0864. The van der Waals surface area contributed by atoms with Crippen LogP contribution in [0, 0.1) is 13.8 Å². The molecule has 0 aliphatic rings. The van der Waals surface area contributed by atoms with Crippen molar-refractivity contribution in [2.45, 2.75) is 20.3 Å². The number of carbonyl (C=O) groups excluding carboxylic acids is 3. The lowest BCUT2D eigenvalue weighted by Gasteiger charge is -2.12. The van der Waals surface area contributed by atoms with Crippen molar-refractivity contribution in [3.8, 4) is 0 Å². The summed E-state index contributed by atoms with van der Waals surface area (Å²) in [4.78, 5) is 36.9. The normalized spacial score (nSPS) is 10.3. The largest absolute Gasteiger partial charge is 0.455 e. The number of nitrogens with one attached hydrogen (secondary N) is 2. The molecule has 0 saturated carbocycles. The first-order valence-corrected chi connectivity index (χ1v) is 9.89. The highest BCUT2D eigenvalue weighted by Gasteiger charge is 2.15. The maximum Gasteiger partial charge on any atom is 0.310 e. The second kappa shape index (κ2) is 10.2. The van der Waals surface area contributed by atoms with Gasteiger partial charge in [-0.1, -0.05) is 54.1 Å². The second-order valence-corrected chi connectivity index (χ2v) is 7.24. The van der Waals surface area contributed by atoms with Crippen LogP contribution in [0.1, 0.15) is 27.0 Å². The standard InChI is InChI=1S/C25H24N2O4/c1-17-10-12-19(13-11-17)15-24(29)31-16-23(28)27-22-9-4-3-8-21(22)25(30)26-20-7-5-6-18(2)14-20/h3-14H,15-16H2,1-2H3,(H,26,30)(H,27,28). The number of anilines is 2. The monoisotopic (exact) mass is 416 g/mol. The fourth-order valence-electron chi connectivity index (χ4n) is 2.97. The van der Waals surface area contributed by atoms with Gasteiger partial charge < -0.3 is 15.4 Å². The van der Waals surface area contributed by atoms with Crippen molar-refractivity contribution in [3.05, 3.63) is 95.1 Å². The average molecular weight is 416 g/mol. The summed E-state index contributed by atoms with van der Waals surface area (Å²) in [5.41, 5.74) is 4.24. The Kier molecular flexibility index (Phi) is 7.17. The lowest BCUT2D eigenvalue weighted by Crippen LogP contribution is -2.23. The molecule has 3 rings (SSSR count). The van der Waals surface area contributed by atoms with Gasteiger partial charge in [-0.3, -0.25) is 14.4 Å². The number of aryl methyl sites for hydroxylation is 2. The van der Waals surface area contributed by atoms with Crippen molar-refractivity contribution in [1.82, 2.24) is 0 Å². The van der Waals surface area contributed by atoms with Crippen LogP contribution in [0.3, 0.4) is 0 Å². The Bertz CT molecular complexity index is 1090. The maximum absolute atomic E-state index is 12.7. The molecule has 3 aromatic rings. The Balaban J connectivity index is 1.57. The first-order valence-electron chi connectivity index (χ1n) is 9.89. The number of rotatable bonds is 7. The van der Waals surface area contributed by atoms with E-state index in [9.17, 15) is 14.4 Å². The molecule has 0 heterocycles. The van der Waals surface area contributed by atoms with Gasteiger partial charge in [0.25, 0.3) is 11.8 Å². The second-order valence-electron chi connectivity index (χ2n) is 7.24. The molecule has 0 bridgehead atoms. The zero-order chi connectivity index (χ0) is 22.2. The third-order valence-electron chi connectivity index (χ3n) is 4.56. The molecule has 0 atom stereocenters. The van der Waals surface area contributed by atoms with E-state index in [4.69, 9.17) is 4.74 Å². The van der Waals surface area contributed by atoms with E-state index in [0.717, 1.165) is 16.7 Å². The molecule has 0 radical (unpaired) electrons. The van der Waals surface area contributed by atoms with Gasteiger partial charge in [0.1, 0.15) is 0 Å². The predicted octanol–water partition coefficient (Wildman–Crippen LogP) is 4.28. The number of hydrogen-bond acceptors (Lipinski definition) is 4. The van der Waals surface area contributed by atoms with Crippen LogP contribution in [0.5, 0.6) is 0 Å². The van der Waals surface area contributed by atoms with Gasteiger partial charge in [-0.2, -0.15) is 0 Å². The molecule has 31 heavy (non-hydrogen) atoms. The summed E-state index contributed by atoms with van der Waals surface area (Å²) >= 11 is 0. The minimum Gasteiger partial charge on any atom is -0.455 e. The van der Waals surface area contributed by atoms with E-state index in [-0.39, 0.29) is 12.3 Å². The Morgan fingerprint density at radius 1 is 0.806 bits per heavy atom. The van der Waals surface area contributed by atoms with Crippen molar-refractivity contribution in [2.75, 3.05) is 17.2 Å². The molecule has 158 valence electrons. The van der Waals surface area contributed by atoms with Crippen LogP contribution in [-0.2, 0) is 20.7 Å². The lowest BCUT2D eigenvalue weighted by atomic mass is 10.1. The van der Waals surface area contributed by atoms with Crippen molar-refractivity contribution < 1.29 is 19.1 Å². The first-order chi connectivity index (χ1) is 14.9. The molecule has 3 aromatic carbocycles. The number of ether oxygens (including phenoxy) is 1. The van der Waals surface area contributed by atoms with E-state index < -0.39 is 18.5 Å². The van der Waals surface area contributed by atoms with E-state index >= 15 is 0 Å². The molecule has 0 saturated heterocycles. The molecule has 0 aromatic heterocycles. The van der Waals surface area contributed by atoms with Gasteiger partial charge in [0.05, 0.1) is 17.7 Å². The van der Waals surface area contributed by atoms with Gasteiger partial charge in [-0.05, 0) is 49.2 Å². The van der Waals surface area contributed by atoms with Crippen molar-refractivity contribution >= 4 is 29.2 Å². The van der Waals surface area contributed by atoms with E-state index in [1.54, 1.807) is 30.3 Å². The topological polar surface area (TPSA) is 84.5 Å². The predicted molar refractivity (Wildman–Crippen MR) is 120 cm³/mol. The Morgan fingerprint density at radius 3 is 2.29 bits per heavy atom. The van der Waals surface area contributed by atoms with E-state index in [2.05, 4.69) is 10.6 Å². The summed E-state index contributed by atoms with van der Waals surface area (Å²) in [6.45, 7) is 3.47. The third kappa shape index (κ3) is 6.54. The van der Waals surface area contributed by atoms with Crippen LogP contribution in [0.4, 0.5) is 11.4 Å². The van der Waals surface area contributed by atoms with Crippen molar-refractivity contribution in [3.63, 3.8) is 0 Å². The molecule has 0 aliphatic carbocycles. The van der Waals surface area contributed by atoms with Crippen LogP contribution in [0.25, 0.3) is 0 Å². The Labute approximate surface area is 181 Å². The highest BCUT2D eigenvalue weighted by molar-refractivity contribution is 6.10. The molecule has 6 nitrogen and oxygen atoms in total. The summed E-state index contributed by atoms with van der Waals surface area (Å²) in [7, 11) is 0. The Morgan fingerprint density at radius 2 is 1.55 bits per heavy atom. The summed E-state index contributed by atoms with van der Waals surface area (Å²) in [5, 5.41) is 5.46. The van der Waals surface area contributed by atoms with Crippen LogP contribution in [0.15, 0.2) is 72.8 Å². The van der Waals surface area contributed by atoms with Gasteiger partial charge in [0.2, 0.25) is 0 Å². The zero-order valence-corrected chi connectivity index (χ0v) is 17.5. The fraction of sp³-hybridized carbons (Fsp3) is 0.160. The summed E-state index contributed by atoms with van der Waals surface area (Å²) < 4.78 is 5.07. The van der Waals surface area contributed by atoms with E-state index in [1.807, 2.05) is 56.3 Å². The third-order valence-corrected chi connectivity index (χ3v) is 4.56. The van der Waals surface area contributed by atoms with Crippen LogP contribution >= 0.6 is 0 Å². The first kappa shape index (κ1) is 21.8. The average Bonchev–Trinajstić information content (AvgIpc) is 2.74. The molecule has 2 N–H and O–H groups in total. The molecule has 0 fully saturated rings. The van der Waals surface area contributed by atoms with Crippen LogP contribution < -0.4 is 10.6 Å². The summed E-state index contributed by atoms with van der Waals surface area (Å²) in [6, 6.07) is 21.6. The summed E-state index contributed by atoms with van der Waals surface area (Å²) in [5.74, 6) is -1.37.